The van der Waals surface area contributed by atoms with Crippen LogP contribution in [0.5, 0.6) is 5.75 Å². The molecule has 1 amide bonds. The third-order valence-corrected chi connectivity index (χ3v) is 4.89. The SMILES string of the molecule is CCOc1ccc(NC(=O)C(C)Sc2ccnc3ccccc23)cc1. The fourth-order valence-corrected chi connectivity index (χ4v) is 3.45. The molecule has 2 aromatic carbocycles. The maximum Gasteiger partial charge on any atom is 0.237 e. The summed E-state index contributed by atoms with van der Waals surface area (Å²) >= 11 is 1.53. The van der Waals surface area contributed by atoms with Crippen molar-refractivity contribution >= 4 is 34.3 Å². The topological polar surface area (TPSA) is 51.2 Å². The van der Waals surface area contributed by atoms with Crippen molar-refractivity contribution in [2.45, 2.75) is 24.0 Å². The Morgan fingerprint density at radius 1 is 1.16 bits per heavy atom. The zero-order valence-electron chi connectivity index (χ0n) is 14.2. The number of carbonyl (C=O) groups is 1. The zero-order chi connectivity index (χ0) is 17.6. The number of ether oxygens (including phenoxy) is 1. The number of thioether (sulfide) groups is 1. The van der Waals surface area contributed by atoms with Gasteiger partial charge >= 0.3 is 0 Å². The number of hydrogen-bond acceptors (Lipinski definition) is 4. The van der Waals surface area contributed by atoms with E-state index in [4.69, 9.17) is 4.74 Å². The molecule has 3 rings (SSSR count). The number of amides is 1. The number of pyridine rings is 1. The van der Waals surface area contributed by atoms with Crippen LogP contribution in [0, 0.1) is 0 Å². The molecule has 1 unspecified atom stereocenters. The van der Waals surface area contributed by atoms with Gasteiger partial charge in [-0.05, 0) is 50.2 Å². The van der Waals surface area contributed by atoms with Crippen LogP contribution in [-0.4, -0.2) is 22.7 Å². The van der Waals surface area contributed by atoms with Gasteiger partial charge in [-0.1, -0.05) is 18.2 Å². The first-order chi connectivity index (χ1) is 12.2. The largest absolute Gasteiger partial charge is 0.494 e. The van der Waals surface area contributed by atoms with Gasteiger partial charge < -0.3 is 10.1 Å². The zero-order valence-corrected chi connectivity index (χ0v) is 15.0. The number of para-hydroxylation sites is 1. The van der Waals surface area contributed by atoms with E-state index < -0.39 is 0 Å². The lowest BCUT2D eigenvalue weighted by molar-refractivity contribution is -0.115. The van der Waals surface area contributed by atoms with E-state index in [9.17, 15) is 4.79 Å². The molecule has 1 heterocycles. The molecule has 0 saturated heterocycles. The molecule has 25 heavy (non-hydrogen) atoms. The third-order valence-electron chi connectivity index (χ3n) is 3.71. The maximum absolute atomic E-state index is 12.5. The minimum Gasteiger partial charge on any atom is -0.494 e. The van der Waals surface area contributed by atoms with Crippen molar-refractivity contribution in [1.29, 1.82) is 0 Å². The van der Waals surface area contributed by atoms with Crippen LogP contribution in [-0.2, 0) is 4.79 Å². The molecule has 0 radical (unpaired) electrons. The lowest BCUT2D eigenvalue weighted by atomic mass is 10.2. The van der Waals surface area contributed by atoms with Crippen LogP contribution in [0.2, 0.25) is 0 Å². The Balaban J connectivity index is 1.68. The molecule has 1 atom stereocenters. The number of rotatable bonds is 6. The molecular weight excluding hydrogens is 332 g/mol. The van der Waals surface area contributed by atoms with E-state index in [-0.39, 0.29) is 11.2 Å². The summed E-state index contributed by atoms with van der Waals surface area (Å²) in [5.41, 5.74) is 1.70. The summed E-state index contributed by atoms with van der Waals surface area (Å²) in [4.78, 5) is 17.9. The van der Waals surface area contributed by atoms with Gasteiger partial charge in [0.2, 0.25) is 5.91 Å². The minimum absolute atomic E-state index is 0.0324. The summed E-state index contributed by atoms with van der Waals surface area (Å²) < 4.78 is 5.41. The van der Waals surface area contributed by atoms with Crippen LogP contribution >= 0.6 is 11.8 Å². The average Bonchev–Trinajstić information content (AvgIpc) is 2.64. The fraction of sp³-hybridized carbons (Fsp3) is 0.200. The first kappa shape index (κ1) is 17.3. The number of aromatic nitrogens is 1. The van der Waals surface area contributed by atoms with Crippen LogP contribution in [0.4, 0.5) is 5.69 Å². The van der Waals surface area contributed by atoms with Crippen molar-refractivity contribution in [2.24, 2.45) is 0 Å². The molecule has 0 aliphatic carbocycles. The highest BCUT2D eigenvalue weighted by molar-refractivity contribution is 8.00. The predicted molar refractivity (Wildman–Crippen MR) is 103 cm³/mol. The summed E-state index contributed by atoms with van der Waals surface area (Å²) in [5, 5.41) is 3.79. The van der Waals surface area contributed by atoms with E-state index in [1.165, 1.54) is 11.8 Å². The van der Waals surface area contributed by atoms with Gasteiger partial charge in [-0.25, -0.2) is 0 Å². The molecule has 3 aromatic rings. The molecular formula is C20H20N2O2S. The van der Waals surface area contributed by atoms with Gasteiger partial charge in [-0.2, -0.15) is 0 Å². The van der Waals surface area contributed by atoms with Crippen LogP contribution < -0.4 is 10.1 Å². The van der Waals surface area contributed by atoms with Gasteiger partial charge in [-0.15, -0.1) is 11.8 Å². The van der Waals surface area contributed by atoms with E-state index in [2.05, 4.69) is 10.3 Å². The van der Waals surface area contributed by atoms with Gasteiger partial charge in [-0.3, -0.25) is 9.78 Å². The number of hydrogen-bond donors (Lipinski definition) is 1. The molecule has 4 nitrogen and oxygen atoms in total. The van der Waals surface area contributed by atoms with Crippen LogP contribution in [0.3, 0.4) is 0 Å². The van der Waals surface area contributed by atoms with Gasteiger partial charge in [0, 0.05) is 22.2 Å². The molecule has 0 aliphatic rings. The highest BCUT2D eigenvalue weighted by atomic mass is 32.2. The molecule has 0 spiro atoms. The smallest absolute Gasteiger partial charge is 0.237 e. The summed E-state index contributed by atoms with van der Waals surface area (Å²) in [6, 6.07) is 17.3. The number of nitrogens with zero attached hydrogens (tertiary/aromatic N) is 1. The monoisotopic (exact) mass is 352 g/mol. The van der Waals surface area contributed by atoms with Crippen LogP contribution in [0.25, 0.3) is 10.9 Å². The third kappa shape index (κ3) is 4.31. The summed E-state index contributed by atoms with van der Waals surface area (Å²) in [6.07, 6.45) is 1.78. The molecule has 1 aromatic heterocycles. The Kier molecular flexibility index (Phi) is 5.56. The van der Waals surface area contributed by atoms with E-state index in [0.717, 1.165) is 27.2 Å². The first-order valence-corrected chi connectivity index (χ1v) is 9.09. The number of fused-ring (bicyclic) bond motifs is 1. The number of benzene rings is 2. The second-order valence-electron chi connectivity index (χ2n) is 5.53. The number of anilines is 1. The van der Waals surface area contributed by atoms with Gasteiger partial charge in [0.1, 0.15) is 5.75 Å². The molecule has 0 saturated carbocycles. The minimum atomic E-state index is -0.225. The van der Waals surface area contributed by atoms with Crippen LogP contribution in [0.15, 0.2) is 65.7 Å². The van der Waals surface area contributed by atoms with Gasteiger partial charge in [0.05, 0.1) is 17.4 Å². The second-order valence-corrected chi connectivity index (χ2v) is 6.92. The van der Waals surface area contributed by atoms with E-state index >= 15 is 0 Å². The molecule has 0 aliphatic heterocycles. The second kappa shape index (κ2) is 8.03. The normalized spacial score (nSPS) is 11.9. The molecule has 1 N–H and O–H groups in total. The van der Waals surface area contributed by atoms with E-state index in [1.54, 1.807) is 6.20 Å². The lowest BCUT2D eigenvalue weighted by Gasteiger charge is -2.13. The summed E-state index contributed by atoms with van der Waals surface area (Å²) in [7, 11) is 0. The fourth-order valence-electron chi connectivity index (χ4n) is 2.46. The summed E-state index contributed by atoms with van der Waals surface area (Å²) in [5.74, 6) is 0.765. The molecule has 0 bridgehead atoms. The Labute approximate surface area is 151 Å². The highest BCUT2D eigenvalue weighted by Gasteiger charge is 2.16. The van der Waals surface area contributed by atoms with Gasteiger partial charge in [0.15, 0.2) is 0 Å². The molecule has 0 fully saturated rings. The van der Waals surface area contributed by atoms with Crippen molar-refractivity contribution in [3.63, 3.8) is 0 Å². The average molecular weight is 352 g/mol. The highest BCUT2D eigenvalue weighted by Crippen LogP contribution is 2.30. The number of carbonyl (C=O) groups excluding carboxylic acids is 1. The first-order valence-electron chi connectivity index (χ1n) is 8.21. The van der Waals surface area contributed by atoms with Crippen LogP contribution in [0.1, 0.15) is 13.8 Å². The predicted octanol–water partition coefficient (Wildman–Crippen LogP) is 4.75. The quantitative estimate of drug-likeness (QED) is 0.650. The number of nitrogens with one attached hydrogen (secondary N) is 1. The Morgan fingerprint density at radius 2 is 1.92 bits per heavy atom. The Morgan fingerprint density at radius 3 is 2.68 bits per heavy atom. The Hall–Kier alpha value is -2.53. The van der Waals surface area contributed by atoms with E-state index in [0.29, 0.717) is 6.61 Å². The Bertz CT molecular complexity index is 860. The molecule has 5 heteroatoms. The van der Waals surface area contributed by atoms with Crippen molar-refractivity contribution in [3.05, 3.63) is 60.8 Å². The van der Waals surface area contributed by atoms with Crippen molar-refractivity contribution < 1.29 is 9.53 Å². The maximum atomic E-state index is 12.5. The van der Waals surface area contributed by atoms with Crippen molar-refractivity contribution in [2.75, 3.05) is 11.9 Å². The lowest BCUT2D eigenvalue weighted by Crippen LogP contribution is -2.22. The van der Waals surface area contributed by atoms with E-state index in [1.807, 2.05) is 68.4 Å². The summed E-state index contributed by atoms with van der Waals surface area (Å²) in [6.45, 7) is 4.47. The molecule has 128 valence electrons. The van der Waals surface area contributed by atoms with Crippen molar-refractivity contribution in [3.8, 4) is 5.75 Å². The standard InChI is InChI=1S/C20H20N2O2S/c1-3-24-16-10-8-15(9-11-16)22-20(23)14(2)25-19-12-13-21-18-7-5-4-6-17(18)19/h4-14H,3H2,1-2H3,(H,22,23). The van der Waals surface area contributed by atoms with Crippen molar-refractivity contribution in [1.82, 2.24) is 4.98 Å². The van der Waals surface area contributed by atoms with Gasteiger partial charge in [0.25, 0.3) is 0 Å².